The molecule has 1 aliphatic heterocycles. The van der Waals surface area contributed by atoms with Gasteiger partial charge in [-0.2, -0.15) is 5.10 Å². The van der Waals surface area contributed by atoms with Gasteiger partial charge in [-0.15, -0.1) is 0 Å². The molecule has 0 bridgehead atoms. The second-order valence-corrected chi connectivity index (χ2v) is 5.91. The minimum Gasteiger partial charge on any atom is -0.361 e. The van der Waals surface area contributed by atoms with E-state index in [-0.39, 0.29) is 11.9 Å². The van der Waals surface area contributed by atoms with Crippen LogP contribution in [0.3, 0.4) is 0 Å². The molecule has 1 atom stereocenters. The molecule has 3 rings (SSSR count). The lowest BCUT2D eigenvalue weighted by Gasteiger charge is -2.24. The van der Waals surface area contributed by atoms with Crippen molar-refractivity contribution in [2.24, 2.45) is 0 Å². The number of aromatic nitrogens is 3. The van der Waals surface area contributed by atoms with Crippen molar-refractivity contribution in [2.75, 3.05) is 6.54 Å². The van der Waals surface area contributed by atoms with E-state index in [9.17, 15) is 4.79 Å². The maximum Gasteiger partial charge on any atom is 0.223 e. The Labute approximate surface area is 130 Å². The molecule has 0 aliphatic carbocycles. The first-order valence-electron chi connectivity index (χ1n) is 7.84. The number of hydrogen-bond donors (Lipinski definition) is 0. The summed E-state index contributed by atoms with van der Waals surface area (Å²) in [5, 5.41) is 8.19. The van der Waals surface area contributed by atoms with E-state index in [0.717, 1.165) is 42.9 Å². The van der Waals surface area contributed by atoms with Gasteiger partial charge in [-0.25, -0.2) is 0 Å². The summed E-state index contributed by atoms with van der Waals surface area (Å²) in [4.78, 5) is 14.6. The van der Waals surface area contributed by atoms with E-state index in [4.69, 9.17) is 4.52 Å². The Morgan fingerprint density at radius 1 is 1.45 bits per heavy atom. The second-order valence-electron chi connectivity index (χ2n) is 5.91. The molecule has 0 radical (unpaired) electrons. The van der Waals surface area contributed by atoms with Gasteiger partial charge in [0, 0.05) is 30.9 Å². The predicted molar refractivity (Wildman–Crippen MR) is 81.3 cm³/mol. The first-order chi connectivity index (χ1) is 10.6. The molecule has 0 unspecified atom stereocenters. The Morgan fingerprint density at radius 2 is 2.32 bits per heavy atom. The van der Waals surface area contributed by atoms with Crippen molar-refractivity contribution in [3.05, 3.63) is 35.5 Å². The molecule has 1 aliphatic rings. The average Bonchev–Trinajstić information content (AvgIpc) is 3.22. The van der Waals surface area contributed by atoms with Crippen LogP contribution in [0.25, 0.3) is 0 Å². The van der Waals surface area contributed by atoms with Crippen LogP contribution in [0.2, 0.25) is 0 Å². The number of aryl methyl sites for hydroxylation is 2. The van der Waals surface area contributed by atoms with Crippen molar-refractivity contribution in [3.8, 4) is 0 Å². The fraction of sp³-hybridized carbons (Fsp3) is 0.562. The lowest BCUT2D eigenvalue weighted by Crippen LogP contribution is -2.38. The van der Waals surface area contributed by atoms with Crippen molar-refractivity contribution in [1.29, 1.82) is 0 Å². The van der Waals surface area contributed by atoms with E-state index in [1.807, 2.05) is 35.7 Å². The number of likely N-dealkylation sites (tertiary alicyclic amines) is 1. The molecular weight excluding hydrogens is 280 g/mol. The van der Waals surface area contributed by atoms with Gasteiger partial charge >= 0.3 is 0 Å². The van der Waals surface area contributed by atoms with Crippen LogP contribution in [0, 0.1) is 13.8 Å². The van der Waals surface area contributed by atoms with Crippen LogP contribution in [0.15, 0.2) is 23.0 Å². The van der Waals surface area contributed by atoms with Crippen LogP contribution < -0.4 is 0 Å². The van der Waals surface area contributed by atoms with Crippen molar-refractivity contribution >= 4 is 5.91 Å². The molecule has 3 heterocycles. The number of amides is 1. The molecule has 0 N–H and O–H groups in total. The first-order valence-corrected chi connectivity index (χ1v) is 7.84. The Morgan fingerprint density at radius 3 is 3.00 bits per heavy atom. The van der Waals surface area contributed by atoms with Crippen molar-refractivity contribution < 1.29 is 9.32 Å². The molecule has 118 valence electrons. The third-order valence-electron chi connectivity index (χ3n) is 4.42. The molecule has 1 fully saturated rings. The van der Waals surface area contributed by atoms with Gasteiger partial charge in [0.1, 0.15) is 5.76 Å². The normalized spacial score (nSPS) is 18.1. The van der Waals surface area contributed by atoms with E-state index in [2.05, 4.69) is 10.3 Å². The number of carbonyl (C=O) groups is 1. The quantitative estimate of drug-likeness (QED) is 0.848. The van der Waals surface area contributed by atoms with Crippen molar-refractivity contribution in [3.63, 3.8) is 0 Å². The zero-order valence-electron chi connectivity index (χ0n) is 13.2. The van der Waals surface area contributed by atoms with Crippen molar-refractivity contribution in [1.82, 2.24) is 19.8 Å². The Bertz CT molecular complexity index is 613. The van der Waals surface area contributed by atoms with Gasteiger partial charge in [0.05, 0.1) is 18.3 Å². The minimum absolute atomic E-state index is 0.217. The molecule has 6 heteroatoms. The topological polar surface area (TPSA) is 64.2 Å². The molecule has 2 aromatic heterocycles. The van der Waals surface area contributed by atoms with E-state index >= 15 is 0 Å². The first kappa shape index (κ1) is 14.8. The van der Waals surface area contributed by atoms with Gasteiger partial charge < -0.3 is 9.42 Å². The summed E-state index contributed by atoms with van der Waals surface area (Å²) in [5.41, 5.74) is 1.95. The van der Waals surface area contributed by atoms with Gasteiger partial charge in [0.2, 0.25) is 5.91 Å². The molecule has 0 aromatic carbocycles. The van der Waals surface area contributed by atoms with E-state index in [1.165, 1.54) is 0 Å². The lowest BCUT2D eigenvalue weighted by atomic mass is 10.1. The lowest BCUT2D eigenvalue weighted by molar-refractivity contribution is -0.132. The average molecular weight is 302 g/mol. The Balaban J connectivity index is 1.59. The molecule has 0 spiro atoms. The van der Waals surface area contributed by atoms with Gasteiger partial charge in [-0.3, -0.25) is 9.48 Å². The van der Waals surface area contributed by atoms with E-state index in [0.29, 0.717) is 12.8 Å². The van der Waals surface area contributed by atoms with Gasteiger partial charge in [0.15, 0.2) is 0 Å². The highest BCUT2D eigenvalue weighted by Crippen LogP contribution is 2.21. The molecule has 1 amide bonds. The van der Waals surface area contributed by atoms with Crippen LogP contribution in [0.1, 0.15) is 36.3 Å². The fourth-order valence-electron chi connectivity index (χ4n) is 3.21. The monoisotopic (exact) mass is 302 g/mol. The van der Waals surface area contributed by atoms with Crippen LogP contribution in [0.5, 0.6) is 0 Å². The molecule has 22 heavy (non-hydrogen) atoms. The zero-order valence-corrected chi connectivity index (χ0v) is 13.2. The standard InChI is InChI=1S/C16H22N4O2/c1-12-15(13(2)22-18-12)6-7-16(21)20-10-3-5-14(20)11-19-9-4-8-17-19/h4,8-9,14H,3,5-7,10-11H2,1-2H3/t14-/m1/s1. The SMILES string of the molecule is Cc1noc(C)c1CCC(=O)N1CCC[C@@H]1Cn1cccn1. The van der Waals surface area contributed by atoms with E-state index in [1.54, 1.807) is 6.20 Å². The summed E-state index contributed by atoms with van der Waals surface area (Å²) >= 11 is 0. The van der Waals surface area contributed by atoms with Gasteiger partial charge in [0.25, 0.3) is 0 Å². The summed E-state index contributed by atoms with van der Waals surface area (Å²) in [6.45, 7) is 5.46. The maximum absolute atomic E-state index is 12.5. The highest BCUT2D eigenvalue weighted by atomic mass is 16.5. The third kappa shape index (κ3) is 3.05. The summed E-state index contributed by atoms with van der Waals surface area (Å²) in [6.07, 6.45) is 7.06. The summed E-state index contributed by atoms with van der Waals surface area (Å²) < 4.78 is 7.07. The second kappa shape index (κ2) is 6.34. The van der Waals surface area contributed by atoms with Crippen LogP contribution in [-0.4, -0.2) is 38.3 Å². The highest BCUT2D eigenvalue weighted by Gasteiger charge is 2.29. The maximum atomic E-state index is 12.5. The van der Waals surface area contributed by atoms with Gasteiger partial charge in [-0.1, -0.05) is 5.16 Å². The van der Waals surface area contributed by atoms with Crippen molar-refractivity contribution in [2.45, 2.75) is 52.1 Å². The largest absolute Gasteiger partial charge is 0.361 e. The Hall–Kier alpha value is -2.11. The van der Waals surface area contributed by atoms with Gasteiger partial charge in [-0.05, 0) is 39.2 Å². The zero-order chi connectivity index (χ0) is 15.5. The molecular formula is C16H22N4O2. The number of carbonyl (C=O) groups excluding carboxylic acids is 1. The molecule has 0 saturated carbocycles. The smallest absolute Gasteiger partial charge is 0.223 e. The fourth-order valence-corrected chi connectivity index (χ4v) is 3.21. The molecule has 1 saturated heterocycles. The molecule has 2 aromatic rings. The minimum atomic E-state index is 0.217. The summed E-state index contributed by atoms with van der Waals surface area (Å²) in [6, 6.07) is 2.18. The highest BCUT2D eigenvalue weighted by molar-refractivity contribution is 5.77. The molecule has 6 nitrogen and oxygen atoms in total. The number of nitrogens with zero attached hydrogens (tertiary/aromatic N) is 4. The Kier molecular flexibility index (Phi) is 4.27. The summed E-state index contributed by atoms with van der Waals surface area (Å²) in [5.74, 6) is 1.04. The number of rotatable bonds is 5. The van der Waals surface area contributed by atoms with E-state index < -0.39 is 0 Å². The summed E-state index contributed by atoms with van der Waals surface area (Å²) in [7, 11) is 0. The van der Waals surface area contributed by atoms with Crippen LogP contribution >= 0.6 is 0 Å². The van der Waals surface area contributed by atoms with Crippen LogP contribution in [-0.2, 0) is 17.8 Å². The predicted octanol–water partition coefficient (Wildman–Crippen LogP) is 2.11. The van der Waals surface area contributed by atoms with Crippen LogP contribution in [0.4, 0.5) is 0 Å². The number of hydrogen-bond acceptors (Lipinski definition) is 4. The third-order valence-corrected chi connectivity index (χ3v) is 4.42.